The Morgan fingerprint density at radius 3 is 2.36 bits per heavy atom. The summed E-state index contributed by atoms with van der Waals surface area (Å²) < 4.78 is 0. The maximum Gasteiger partial charge on any atom is 0.00887 e. The number of fused-ring (bicyclic) bond motifs is 2. The zero-order valence-corrected chi connectivity index (χ0v) is 13.2. The van der Waals surface area contributed by atoms with E-state index in [1.807, 2.05) is 0 Å². The lowest BCUT2D eigenvalue weighted by Crippen LogP contribution is -2.14. The predicted octanol–water partition coefficient (Wildman–Crippen LogP) is 4.41. The van der Waals surface area contributed by atoms with Crippen molar-refractivity contribution in [3.05, 3.63) is 82.9 Å². The van der Waals surface area contributed by atoms with Gasteiger partial charge in [-0.15, -0.1) is 0 Å². The van der Waals surface area contributed by atoms with Gasteiger partial charge >= 0.3 is 0 Å². The van der Waals surface area contributed by atoms with Crippen LogP contribution in [-0.2, 0) is 19.3 Å². The molecule has 0 heterocycles. The summed E-state index contributed by atoms with van der Waals surface area (Å²) in [6, 6.07) is 17.8. The number of aryl methyl sites for hydroxylation is 2. The lowest BCUT2D eigenvalue weighted by Gasteiger charge is -2.27. The summed E-state index contributed by atoms with van der Waals surface area (Å²) in [5.74, 6) is 0.421. The highest BCUT2D eigenvalue weighted by molar-refractivity contribution is 5.41. The monoisotopic (exact) mass is 291 g/mol. The molecule has 0 amide bonds. The number of allylic oxidation sites excluding steroid dienone is 1. The highest BCUT2D eigenvalue weighted by Crippen LogP contribution is 2.35. The maximum absolute atomic E-state index is 5.69. The predicted molar refractivity (Wildman–Crippen MR) is 94.2 cm³/mol. The lowest BCUT2D eigenvalue weighted by atomic mass is 9.78. The third-order valence-electron chi connectivity index (χ3n) is 4.83. The van der Waals surface area contributed by atoms with E-state index in [4.69, 9.17) is 5.73 Å². The van der Waals surface area contributed by atoms with Gasteiger partial charge in [-0.05, 0) is 60.9 Å². The van der Waals surface area contributed by atoms with Crippen molar-refractivity contribution in [2.75, 3.05) is 6.54 Å². The highest BCUT2D eigenvalue weighted by Gasteiger charge is 2.22. The smallest absolute Gasteiger partial charge is 0.00887 e. The van der Waals surface area contributed by atoms with Crippen LogP contribution in [0.2, 0.25) is 0 Å². The van der Waals surface area contributed by atoms with E-state index in [1.165, 1.54) is 27.8 Å². The quantitative estimate of drug-likeness (QED) is 0.830. The van der Waals surface area contributed by atoms with E-state index in [1.54, 1.807) is 0 Å². The number of benzene rings is 2. The fourth-order valence-electron chi connectivity index (χ4n) is 3.57. The first-order valence-corrected chi connectivity index (χ1v) is 8.32. The normalized spacial score (nSPS) is 17.0. The van der Waals surface area contributed by atoms with Gasteiger partial charge in [0.1, 0.15) is 0 Å². The molecule has 0 aliphatic heterocycles. The van der Waals surface area contributed by atoms with Crippen molar-refractivity contribution in [3.63, 3.8) is 0 Å². The molecule has 1 atom stereocenters. The van der Waals surface area contributed by atoms with Crippen molar-refractivity contribution < 1.29 is 0 Å². The Morgan fingerprint density at radius 1 is 0.955 bits per heavy atom. The Kier molecular flexibility index (Phi) is 4.74. The molecule has 0 spiro atoms. The van der Waals surface area contributed by atoms with Crippen molar-refractivity contribution >= 4 is 0 Å². The first-order valence-electron chi connectivity index (χ1n) is 8.32. The summed E-state index contributed by atoms with van der Waals surface area (Å²) in [5.41, 5.74) is 13.0. The Balaban J connectivity index is 1.98. The first kappa shape index (κ1) is 15.1. The van der Waals surface area contributed by atoms with Crippen LogP contribution in [0, 0.1) is 0 Å². The topological polar surface area (TPSA) is 26.0 Å². The molecule has 0 fully saturated rings. The average molecular weight is 291 g/mol. The summed E-state index contributed by atoms with van der Waals surface area (Å²) >= 11 is 0. The van der Waals surface area contributed by atoms with Gasteiger partial charge in [0.05, 0.1) is 0 Å². The first-order chi connectivity index (χ1) is 10.8. The van der Waals surface area contributed by atoms with Crippen LogP contribution in [0.1, 0.15) is 41.0 Å². The van der Waals surface area contributed by atoms with Crippen LogP contribution in [-0.4, -0.2) is 6.54 Å². The molecule has 2 N–H and O–H groups in total. The van der Waals surface area contributed by atoms with E-state index in [2.05, 4.69) is 55.1 Å². The molecule has 0 saturated carbocycles. The largest absolute Gasteiger partial charge is 0.330 e. The molecule has 0 radical (unpaired) electrons. The molecular weight excluding hydrogens is 266 g/mol. The summed E-state index contributed by atoms with van der Waals surface area (Å²) in [6.45, 7) is 5.14. The van der Waals surface area contributed by atoms with Crippen molar-refractivity contribution in [3.8, 4) is 0 Å². The van der Waals surface area contributed by atoms with Crippen LogP contribution in [0.25, 0.3) is 0 Å². The van der Waals surface area contributed by atoms with Crippen molar-refractivity contribution in [2.24, 2.45) is 5.73 Å². The second-order valence-corrected chi connectivity index (χ2v) is 6.27. The second kappa shape index (κ2) is 6.93. The van der Waals surface area contributed by atoms with Gasteiger partial charge in [0.15, 0.2) is 0 Å². The molecule has 0 saturated heterocycles. The zero-order chi connectivity index (χ0) is 15.4. The number of hydrogen-bond donors (Lipinski definition) is 1. The minimum Gasteiger partial charge on any atom is -0.330 e. The van der Waals surface area contributed by atoms with Gasteiger partial charge in [0, 0.05) is 5.92 Å². The molecule has 0 bridgehead atoms. The maximum atomic E-state index is 5.69. The summed E-state index contributed by atoms with van der Waals surface area (Å²) in [5, 5.41) is 0. The third-order valence-corrected chi connectivity index (χ3v) is 4.83. The Morgan fingerprint density at radius 2 is 1.59 bits per heavy atom. The minimum absolute atomic E-state index is 0.421. The average Bonchev–Trinajstić information content (AvgIpc) is 2.55. The van der Waals surface area contributed by atoms with Gasteiger partial charge in [-0.1, -0.05) is 60.7 Å². The van der Waals surface area contributed by atoms with Crippen LogP contribution >= 0.6 is 0 Å². The van der Waals surface area contributed by atoms with Crippen LogP contribution in [0.4, 0.5) is 0 Å². The molecular formula is C21H25N. The molecule has 2 aromatic carbocycles. The van der Waals surface area contributed by atoms with Crippen molar-refractivity contribution in [1.82, 2.24) is 0 Å². The molecule has 0 aromatic heterocycles. The third kappa shape index (κ3) is 3.15. The van der Waals surface area contributed by atoms with Gasteiger partial charge in [-0.3, -0.25) is 0 Å². The van der Waals surface area contributed by atoms with Crippen LogP contribution in [0.15, 0.2) is 60.7 Å². The molecule has 1 nitrogen and oxygen atoms in total. The number of rotatable bonds is 4. The van der Waals surface area contributed by atoms with E-state index in [-0.39, 0.29) is 0 Å². The molecule has 1 aliphatic carbocycles. The number of nitrogens with two attached hydrogens (primary N) is 1. The summed E-state index contributed by atoms with van der Waals surface area (Å²) in [6.07, 6.45) is 5.37. The van der Waals surface area contributed by atoms with Gasteiger partial charge < -0.3 is 5.73 Å². The zero-order valence-electron chi connectivity index (χ0n) is 13.2. The van der Waals surface area contributed by atoms with Crippen molar-refractivity contribution in [1.29, 1.82) is 0 Å². The van der Waals surface area contributed by atoms with E-state index in [0.717, 1.165) is 38.6 Å². The summed E-state index contributed by atoms with van der Waals surface area (Å²) in [7, 11) is 0. The van der Waals surface area contributed by atoms with E-state index < -0.39 is 0 Å². The second-order valence-electron chi connectivity index (χ2n) is 6.27. The Bertz CT molecular complexity index is 656. The van der Waals surface area contributed by atoms with Gasteiger partial charge in [-0.2, -0.15) is 0 Å². The lowest BCUT2D eigenvalue weighted by molar-refractivity contribution is 0.687. The molecule has 3 rings (SSSR count). The standard InChI is InChI=1S/C21H25N/c1-16(7-6-14-22)21-15-19-10-3-2-8-17(19)12-13-18-9-4-5-11-20(18)21/h2-5,8-11,21H,1,6-7,12-15,22H2. The van der Waals surface area contributed by atoms with Crippen molar-refractivity contribution in [2.45, 2.75) is 38.0 Å². The highest BCUT2D eigenvalue weighted by atomic mass is 14.5. The molecule has 1 unspecified atom stereocenters. The van der Waals surface area contributed by atoms with E-state index in [0.29, 0.717) is 5.92 Å². The Hall–Kier alpha value is -1.86. The number of hydrogen-bond acceptors (Lipinski definition) is 1. The molecule has 2 aromatic rings. The molecule has 114 valence electrons. The van der Waals surface area contributed by atoms with Crippen LogP contribution < -0.4 is 5.73 Å². The minimum atomic E-state index is 0.421. The Labute approximate surface area is 133 Å². The van der Waals surface area contributed by atoms with E-state index in [9.17, 15) is 0 Å². The molecule has 1 heteroatoms. The molecule has 1 aliphatic rings. The van der Waals surface area contributed by atoms with E-state index >= 15 is 0 Å². The van der Waals surface area contributed by atoms with Crippen LogP contribution in [0.3, 0.4) is 0 Å². The fraction of sp³-hybridized carbons (Fsp3) is 0.333. The summed E-state index contributed by atoms with van der Waals surface area (Å²) in [4.78, 5) is 0. The molecule has 22 heavy (non-hydrogen) atoms. The van der Waals surface area contributed by atoms with Gasteiger partial charge in [0.25, 0.3) is 0 Å². The van der Waals surface area contributed by atoms with Gasteiger partial charge in [0.2, 0.25) is 0 Å². The van der Waals surface area contributed by atoms with Crippen LogP contribution in [0.5, 0.6) is 0 Å². The SMILES string of the molecule is C=C(CCCN)C1Cc2ccccc2CCc2ccccc21. The van der Waals surface area contributed by atoms with Gasteiger partial charge in [-0.25, -0.2) is 0 Å². The fourth-order valence-corrected chi connectivity index (χ4v) is 3.57.